The van der Waals surface area contributed by atoms with Gasteiger partial charge in [0, 0.05) is 5.92 Å². The second-order valence-electron chi connectivity index (χ2n) is 3.77. The van der Waals surface area contributed by atoms with Crippen LogP contribution in [0.15, 0.2) is 0 Å². The minimum Gasteiger partial charge on any atom is -0.298 e. The van der Waals surface area contributed by atoms with Gasteiger partial charge in [-0.1, -0.05) is 6.42 Å². The first-order valence-electron chi connectivity index (χ1n) is 4.18. The lowest BCUT2D eigenvalue weighted by Crippen LogP contribution is -2.18. The maximum Gasteiger partial charge on any atom is 0.150 e. The molecular weight excluding hydrogens is 138 g/mol. The van der Waals surface area contributed by atoms with Crippen molar-refractivity contribution in [3.8, 4) is 6.07 Å². The van der Waals surface area contributed by atoms with Crippen molar-refractivity contribution in [3.63, 3.8) is 0 Å². The number of carbonyl (C=O) groups excluding carboxylic acids is 1. The van der Waals surface area contributed by atoms with Crippen LogP contribution in [0.5, 0.6) is 0 Å². The average Bonchev–Trinajstić information content (AvgIpc) is 2.60. The Morgan fingerprint density at radius 3 is 2.73 bits per heavy atom. The first-order chi connectivity index (χ1) is 5.28. The summed E-state index contributed by atoms with van der Waals surface area (Å²) in [5.41, 5.74) is 0.411. The Morgan fingerprint density at radius 2 is 2.36 bits per heavy atom. The molecule has 2 heteroatoms. The van der Waals surface area contributed by atoms with Crippen molar-refractivity contribution < 1.29 is 4.79 Å². The van der Waals surface area contributed by atoms with Gasteiger partial charge in [-0.25, -0.2) is 0 Å². The lowest BCUT2D eigenvalue weighted by molar-refractivity contribution is -0.120. The molecule has 0 aliphatic heterocycles. The van der Waals surface area contributed by atoms with Crippen LogP contribution in [-0.2, 0) is 4.79 Å². The Bertz CT molecular complexity index is 234. The minimum atomic E-state index is 0.131. The summed E-state index contributed by atoms with van der Waals surface area (Å²) in [5.74, 6) is 0.461. The van der Waals surface area contributed by atoms with E-state index in [0.717, 1.165) is 6.42 Å². The van der Waals surface area contributed by atoms with Gasteiger partial charge < -0.3 is 0 Å². The first kappa shape index (κ1) is 6.84. The maximum absolute atomic E-state index is 11.2. The number of carbonyl (C=O) groups is 1. The van der Waals surface area contributed by atoms with E-state index >= 15 is 0 Å². The van der Waals surface area contributed by atoms with Gasteiger partial charge in [0.2, 0.25) is 0 Å². The molecule has 1 unspecified atom stereocenters. The van der Waals surface area contributed by atoms with Gasteiger partial charge in [-0.15, -0.1) is 0 Å². The zero-order chi connectivity index (χ0) is 7.90. The summed E-state index contributed by atoms with van der Waals surface area (Å²) in [6.45, 7) is 0. The van der Waals surface area contributed by atoms with Crippen LogP contribution >= 0.6 is 0 Å². The van der Waals surface area contributed by atoms with Crippen LogP contribution in [0, 0.1) is 22.7 Å². The molecular formula is C9H11NO. The highest BCUT2D eigenvalue weighted by Gasteiger charge is 2.60. The van der Waals surface area contributed by atoms with Crippen LogP contribution in [0.2, 0.25) is 0 Å². The van der Waals surface area contributed by atoms with Crippen molar-refractivity contribution in [2.75, 3.05) is 0 Å². The van der Waals surface area contributed by atoms with Gasteiger partial charge in [-0.05, 0) is 24.7 Å². The molecule has 2 rings (SSSR count). The fourth-order valence-corrected chi connectivity index (χ4v) is 2.19. The highest BCUT2D eigenvalue weighted by molar-refractivity contribution is 5.86. The third kappa shape index (κ3) is 0.875. The van der Waals surface area contributed by atoms with Gasteiger partial charge >= 0.3 is 0 Å². The van der Waals surface area contributed by atoms with Crippen molar-refractivity contribution in [2.24, 2.45) is 11.3 Å². The number of nitrogens with zero attached hydrogens (tertiary/aromatic N) is 1. The van der Waals surface area contributed by atoms with Crippen molar-refractivity contribution in [3.05, 3.63) is 0 Å². The zero-order valence-electron chi connectivity index (χ0n) is 6.47. The van der Waals surface area contributed by atoms with Crippen molar-refractivity contribution in [1.82, 2.24) is 0 Å². The maximum atomic E-state index is 11.2. The normalized spacial score (nSPS) is 30.6. The quantitative estimate of drug-likeness (QED) is 0.599. The molecule has 0 heterocycles. The third-order valence-electron chi connectivity index (χ3n) is 3.18. The van der Waals surface area contributed by atoms with Crippen LogP contribution in [0.4, 0.5) is 0 Å². The lowest BCUT2D eigenvalue weighted by Gasteiger charge is -2.25. The molecule has 11 heavy (non-hydrogen) atoms. The summed E-state index contributed by atoms with van der Waals surface area (Å²) in [7, 11) is 0. The second kappa shape index (κ2) is 2.07. The second-order valence-corrected chi connectivity index (χ2v) is 3.77. The topological polar surface area (TPSA) is 40.9 Å². The molecule has 1 spiro atoms. The summed E-state index contributed by atoms with van der Waals surface area (Å²) in [6.07, 6.45) is 4.96. The number of ketones is 1. The summed E-state index contributed by atoms with van der Waals surface area (Å²) < 4.78 is 0. The Hall–Kier alpha value is -0.840. The zero-order valence-corrected chi connectivity index (χ0v) is 6.47. The summed E-state index contributed by atoms with van der Waals surface area (Å²) in [5, 5.41) is 8.30. The molecule has 58 valence electrons. The Labute approximate surface area is 66.2 Å². The highest BCUT2D eigenvalue weighted by Crippen LogP contribution is 2.65. The summed E-state index contributed by atoms with van der Waals surface area (Å²) >= 11 is 0. The third-order valence-corrected chi connectivity index (χ3v) is 3.18. The van der Waals surface area contributed by atoms with Crippen molar-refractivity contribution in [1.29, 1.82) is 5.26 Å². The molecule has 1 atom stereocenters. The molecule has 0 N–H and O–H groups in total. The van der Waals surface area contributed by atoms with Gasteiger partial charge in [0.1, 0.15) is 0 Å². The molecule has 0 aromatic rings. The van der Waals surface area contributed by atoms with Crippen molar-refractivity contribution in [2.45, 2.75) is 32.1 Å². The number of Topliss-reactive ketones (excluding diaryl/α,β-unsaturated/α-hetero) is 1. The van der Waals surface area contributed by atoms with Gasteiger partial charge in [-0.3, -0.25) is 4.79 Å². The van der Waals surface area contributed by atoms with E-state index in [0.29, 0.717) is 5.41 Å². The van der Waals surface area contributed by atoms with E-state index in [-0.39, 0.29) is 18.1 Å². The van der Waals surface area contributed by atoms with E-state index in [1.165, 1.54) is 19.3 Å². The number of rotatable bonds is 2. The predicted octanol–water partition coefficient (Wildman–Crippen LogP) is 1.66. The van der Waals surface area contributed by atoms with E-state index in [4.69, 9.17) is 5.26 Å². The van der Waals surface area contributed by atoms with Gasteiger partial charge in [0.25, 0.3) is 0 Å². The van der Waals surface area contributed by atoms with Crippen LogP contribution < -0.4 is 0 Å². The molecule has 0 amide bonds. The van der Waals surface area contributed by atoms with Crippen LogP contribution in [-0.4, -0.2) is 5.78 Å². The molecule has 2 saturated carbocycles. The van der Waals surface area contributed by atoms with E-state index in [9.17, 15) is 4.79 Å². The molecule has 2 nitrogen and oxygen atoms in total. The SMILES string of the molecule is N#CCC(=O)C1CC12CCC2. The fraction of sp³-hybridized carbons (Fsp3) is 0.778. The standard InChI is InChI=1S/C9H11NO/c10-5-2-8(11)7-6-9(7)3-1-4-9/h7H,1-4,6H2. The first-order valence-corrected chi connectivity index (χ1v) is 4.18. The molecule has 0 aromatic heterocycles. The lowest BCUT2D eigenvalue weighted by atomic mass is 9.79. The monoisotopic (exact) mass is 149 g/mol. The van der Waals surface area contributed by atoms with Crippen LogP contribution in [0.1, 0.15) is 32.1 Å². The molecule has 2 fully saturated rings. The molecule has 0 bridgehead atoms. The predicted molar refractivity (Wildman–Crippen MR) is 39.6 cm³/mol. The average molecular weight is 149 g/mol. The number of hydrogen-bond acceptors (Lipinski definition) is 2. The Morgan fingerprint density at radius 1 is 1.64 bits per heavy atom. The molecule has 0 radical (unpaired) electrons. The smallest absolute Gasteiger partial charge is 0.150 e. The van der Waals surface area contributed by atoms with Gasteiger partial charge in [-0.2, -0.15) is 5.26 Å². The van der Waals surface area contributed by atoms with Gasteiger partial charge in [0.15, 0.2) is 5.78 Å². The molecule has 0 saturated heterocycles. The Balaban J connectivity index is 1.91. The van der Waals surface area contributed by atoms with E-state index in [1.807, 2.05) is 6.07 Å². The van der Waals surface area contributed by atoms with E-state index in [2.05, 4.69) is 0 Å². The van der Waals surface area contributed by atoms with Crippen molar-refractivity contribution >= 4 is 5.78 Å². The summed E-state index contributed by atoms with van der Waals surface area (Å²) in [4.78, 5) is 11.2. The molecule has 0 aromatic carbocycles. The highest BCUT2D eigenvalue weighted by atomic mass is 16.1. The Kier molecular flexibility index (Phi) is 1.29. The van der Waals surface area contributed by atoms with Crippen LogP contribution in [0.25, 0.3) is 0 Å². The molecule has 2 aliphatic carbocycles. The molecule has 2 aliphatic rings. The van der Waals surface area contributed by atoms with E-state index < -0.39 is 0 Å². The fourth-order valence-electron chi connectivity index (χ4n) is 2.19. The summed E-state index contributed by atoms with van der Waals surface area (Å²) in [6, 6.07) is 1.93. The van der Waals surface area contributed by atoms with Gasteiger partial charge in [0.05, 0.1) is 12.5 Å². The number of nitriles is 1. The minimum absolute atomic E-state index is 0.131. The van der Waals surface area contributed by atoms with E-state index in [1.54, 1.807) is 0 Å². The van der Waals surface area contributed by atoms with Crippen LogP contribution in [0.3, 0.4) is 0 Å². The largest absolute Gasteiger partial charge is 0.298 e. The number of hydrogen-bond donors (Lipinski definition) is 0.